The monoisotopic (exact) mass is 134 g/mol. The smallest absolute Gasteiger partial charge is 0.187 e. The van der Waals surface area contributed by atoms with E-state index < -0.39 is 0 Å². The van der Waals surface area contributed by atoms with Crippen LogP contribution < -0.4 is 5.43 Å². The van der Waals surface area contributed by atoms with Crippen LogP contribution in [-0.4, -0.2) is 10.9 Å². The molecular formula is C6H4N3O. The number of allylic oxidation sites excluding steroid dienone is 1. The Bertz CT molecular complexity index is 273. The third-order valence-corrected chi connectivity index (χ3v) is 1.15. The van der Waals surface area contributed by atoms with Crippen molar-refractivity contribution in [2.45, 2.75) is 0 Å². The third-order valence-electron chi connectivity index (χ3n) is 1.15. The van der Waals surface area contributed by atoms with Gasteiger partial charge in [-0.15, -0.1) is 5.10 Å². The summed E-state index contributed by atoms with van der Waals surface area (Å²) in [5, 5.41) is 7.31. The molecule has 0 unspecified atom stereocenters. The molecule has 1 radical (unpaired) electrons. The first-order valence-electron chi connectivity index (χ1n) is 2.82. The zero-order valence-corrected chi connectivity index (χ0v) is 5.06. The van der Waals surface area contributed by atoms with Crippen LogP contribution in [0.2, 0.25) is 0 Å². The van der Waals surface area contributed by atoms with E-state index in [9.17, 15) is 0 Å². The molecule has 1 aliphatic heterocycles. The quantitative estimate of drug-likeness (QED) is 0.561. The predicted molar refractivity (Wildman–Crippen MR) is 34.3 cm³/mol. The molecule has 0 atom stereocenters. The molecule has 1 aromatic heterocycles. The van der Waals surface area contributed by atoms with Crippen molar-refractivity contribution in [1.29, 1.82) is 0 Å². The first kappa shape index (κ1) is 5.22. The standard InChI is InChI=1S/C6H4N3O/c1-3-7-9-5(1)6-2-4-8-10-6/h1-4H. The number of hydrogen-bond acceptors (Lipinski definition) is 3. The lowest BCUT2D eigenvalue weighted by Gasteiger charge is -1.83. The predicted octanol–water partition coefficient (Wildman–Crippen LogP) is 0.510. The lowest BCUT2D eigenvalue weighted by atomic mass is 10.3. The summed E-state index contributed by atoms with van der Waals surface area (Å²) < 4.78 is 4.83. The van der Waals surface area contributed by atoms with Gasteiger partial charge in [0.1, 0.15) is 5.71 Å². The van der Waals surface area contributed by atoms with Gasteiger partial charge in [-0.3, -0.25) is 0 Å². The van der Waals surface area contributed by atoms with Gasteiger partial charge in [0.2, 0.25) is 0 Å². The van der Waals surface area contributed by atoms with Crippen LogP contribution in [0.15, 0.2) is 34.2 Å². The summed E-state index contributed by atoms with van der Waals surface area (Å²) in [6.07, 6.45) is 4.95. The van der Waals surface area contributed by atoms with E-state index in [-0.39, 0.29) is 0 Å². The molecule has 0 spiro atoms. The van der Waals surface area contributed by atoms with Crippen molar-refractivity contribution in [3.8, 4) is 0 Å². The number of aromatic nitrogens is 1. The van der Waals surface area contributed by atoms with Crippen molar-refractivity contribution in [2.75, 3.05) is 0 Å². The fraction of sp³-hybridized carbons (Fsp3) is 0. The maximum Gasteiger partial charge on any atom is 0.187 e. The molecule has 0 saturated heterocycles. The third kappa shape index (κ3) is 0.699. The average Bonchev–Trinajstić information content (AvgIpc) is 2.59. The van der Waals surface area contributed by atoms with Crippen molar-refractivity contribution in [2.24, 2.45) is 5.10 Å². The minimum atomic E-state index is 0.650. The van der Waals surface area contributed by atoms with Crippen molar-refractivity contribution < 1.29 is 4.52 Å². The van der Waals surface area contributed by atoms with Crippen molar-refractivity contribution in [3.05, 3.63) is 30.3 Å². The first-order valence-corrected chi connectivity index (χ1v) is 2.82. The zero-order chi connectivity index (χ0) is 6.81. The summed E-state index contributed by atoms with van der Waals surface area (Å²) in [7, 11) is 0. The van der Waals surface area contributed by atoms with Crippen molar-refractivity contribution in [3.63, 3.8) is 0 Å². The number of hydrogen-bond donors (Lipinski definition) is 0. The SMILES string of the molecule is C1=CC(c2ccno2)=N[N]1. The molecule has 1 aliphatic rings. The van der Waals surface area contributed by atoms with Gasteiger partial charge >= 0.3 is 0 Å². The van der Waals surface area contributed by atoms with E-state index in [0.717, 1.165) is 5.71 Å². The molecular weight excluding hydrogens is 130 g/mol. The lowest BCUT2D eigenvalue weighted by molar-refractivity contribution is 0.413. The largest absolute Gasteiger partial charge is 0.355 e. The summed E-state index contributed by atoms with van der Waals surface area (Å²) in [5.41, 5.74) is 4.36. The summed E-state index contributed by atoms with van der Waals surface area (Å²) in [5.74, 6) is 0.650. The van der Waals surface area contributed by atoms with Gasteiger partial charge in [0, 0.05) is 6.07 Å². The summed E-state index contributed by atoms with van der Waals surface area (Å²) in [6, 6.07) is 1.74. The summed E-state index contributed by atoms with van der Waals surface area (Å²) in [6.45, 7) is 0. The summed E-state index contributed by atoms with van der Waals surface area (Å²) in [4.78, 5) is 0. The van der Waals surface area contributed by atoms with E-state index in [0.29, 0.717) is 5.76 Å². The second kappa shape index (κ2) is 1.98. The van der Waals surface area contributed by atoms with Crippen molar-refractivity contribution >= 4 is 5.71 Å². The Morgan fingerprint density at radius 1 is 1.40 bits per heavy atom. The highest BCUT2D eigenvalue weighted by Crippen LogP contribution is 2.03. The molecule has 0 aromatic carbocycles. The molecule has 0 bridgehead atoms. The molecule has 4 nitrogen and oxygen atoms in total. The normalized spacial score (nSPS) is 15.0. The minimum Gasteiger partial charge on any atom is -0.355 e. The molecule has 4 heteroatoms. The summed E-state index contributed by atoms with van der Waals surface area (Å²) >= 11 is 0. The van der Waals surface area contributed by atoms with Crippen LogP contribution in [0.3, 0.4) is 0 Å². The van der Waals surface area contributed by atoms with E-state index in [1.165, 1.54) is 0 Å². The van der Waals surface area contributed by atoms with Crippen LogP contribution in [-0.2, 0) is 0 Å². The van der Waals surface area contributed by atoms with E-state index in [1.807, 2.05) is 0 Å². The van der Waals surface area contributed by atoms with Gasteiger partial charge in [-0.25, -0.2) is 0 Å². The Labute approximate surface area is 57.2 Å². The number of nitrogens with zero attached hydrogens (tertiary/aromatic N) is 3. The van der Waals surface area contributed by atoms with Crippen molar-refractivity contribution in [1.82, 2.24) is 10.6 Å². The lowest BCUT2D eigenvalue weighted by Crippen LogP contribution is -1.90. The maximum absolute atomic E-state index is 4.83. The maximum atomic E-state index is 4.83. The van der Waals surface area contributed by atoms with E-state index in [4.69, 9.17) is 4.52 Å². The van der Waals surface area contributed by atoms with E-state index in [1.54, 1.807) is 24.5 Å². The Morgan fingerprint density at radius 2 is 2.40 bits per heavy atom. The van der Waals surface area contributed by atoms with Crippen LogP contribution in [0.1, 0.15) is 5.76 Å². The molecule has 0 N–H and O–H groups in total. The first-order chi connectivity index (χ1) is 4.97. The zero-order valence-electron chi connectivity index (χ0n) is 5.06. The Morgan fingerprint density at radius 3 is 3.00 bits per heavy atom. The van der Waals surface area contributed by atoms with Gasteiger partial charge in [0.15, 0.2) is 5.76 Å². The van der Waals surface area contributed by atoms with Gasteiger partial charge in [-0.05, 0) is 6.08 Å². The topological polar surface area (TPSA) is 52.5 Å². The molecule has 1 aromatic rings. The molecule has 0 aliphatic carbocycles. The van der Waals surface area contributed by atoms with E-state index in [2.05, 4.69) is 15.7 Å². The Kier molecular flexibility index (Phi) is 1.04. The highest BCUT2D eigenvalue weighted by Gasteiger charge is 2.06. The molecule has 0 saturated carbocycles. The molecule has 2 rings (SSSR count). The molecule has 0 amide bonds. The van der Waals surface area contributed by atoms with Gasteiger partial charge in [-0.2, -0.15) is 5.43 Å². The minimum absolute atomic E-state index is 0.650. The van der Waals surface area contributed by atoms with E-state index >= 15 is 0 Å². The second-order valence-electron chi connectivity index (χ2n) is 1.79. The molecule has 49 valence electrons. The molecule has 0 fully saturated rings. The fourth-order valence-electron chi connectivity index (χ4n) is 0.712. The number of rotatable bonds is 1. The van der Waals surface area contributed by atoms with Crippen LogP contribution in [0.4, 0.5) is 0 Å². The van der Waals surface area contributed by atoms with Crippen LogP contribution in [0.25, 0.3) is 0 Å². The highest BCUT2D eigenvalue weighted by molar-refractivity contribution is 6.07. The van der Waals surface area contributed by atoms with Crippen LogP contribution >= 0.6 is 0 Å². The van der Waals surface area contributed by atoms with Crippen LogP contribution in [0.5, 0.6) is 0 Å². The molecule has 10 heavy (non-hydrogen) atoms. The Balaban J connectivity index is 2.36. The molecule has 2 heterocycles. The highest BCUT2D eigenvalue weighted by atomic mass is 16.5. The van der Waals surface area contributed by atoms with Crippen LogP contribution in [0, 0.1) is 0 Å². The van der Waals surface area contributed by atoms with Gasteiger partial charge in [0.25, 0.3) is 0 Å². The average molecular weight is 134 g/mol. The van der Waals surface area contributed by atoms with Gasteiger partial charge < -0.3 is 4.52 Å². The Hall–Kier alpha value is -1.58. The van der Waals surface area contributed by atoms with Gasteiger partial charge in [-0.1, -0.05) is 5.16 Å². The second-order valence-corrected chi connectivity index (χ2v) is 1.79. The van der Waals surface area contributed by atoms with Gasteiger partial charge in [0.05, 0.1) is 12.4 Å². The fourth-order valence-corrected chi connectivity index (χ4v) is 0.712.